The highest BCUT2D eigenvalue weighted by Gasteiger charge is 2.33. The second-order valence-electron chi connectivity index (χ2n) is 4.68. The zero-order chi connectivity index (χ0) is 16.6. The van der Waals surface area contributed by atoms with Crippen molar-refractivity contribution in [3.05, 3.63) is 57.7 Å². The van der Waals surface area contributed by atoms with Gasteiger partial charge in [0, 0.05) is 16.1 Å². The number of pyridine rings is 2. The van der Waals surface area contributed by atoms with Crippen molar-refractivity contribution in [2.75, 3.05) is 5.32 Å². The molecule has 0 saturated heterocycles. The Morgan fingerprint density at radius 3 is 2.61 bits per heavy atom. The summed E-state index contributed by atoms with van der Waals surface area (Å²) in [5.41, 5.74) is -0.249. The quantitative estimate of drug-likeness (QED) is 0.588. The summed E-state index contributed by atoms with van der Waals surface area (Å²) in [6, 6.07) is 9.68. The highest BCUT2D eigenvalue weighted by Crippen LogP contribution is 2.36. The average Bonchev–Trinajstić information content (AvgIpc) is 2.49. The number of para-hydroxylation sites is 1. The smallest absolute Gasteiger partial charge is 0.325 e. The van der Waals surface area contributed by atoms with Crippen LogP contribution in [0.15, 0.2) is 47.1 Å². The standard InChI is InChI=1S/C15H8BrClF3N3/c16-10-7-21-13(6-9(10)15(18,19)20)22-12-5-4-8-2-1-3-11(17)14(8)23-12/h1-7H,(H,21,22,23). The van der Waals surface area contributed by atoms with Gasteiger partial charge in [0.2, 0.25) is 0 Å². The minimum absolute atomic E-state index is 0.0411. The van der Waals surface area contributed by atoms with Crippen LogP contribution in [0.5, 0.6) is 0 Å². The summed E-state index contributed by atoms with van der Waals surface area (Å²) in [5.74, 6) is 0.396. The fourth-order valence-corrected chi connectivity index (χ4v) is 2.70. The summed E-state index contributed by atoms with van der Waals surface area (Å²) in [6.45, 7) is 0. The Morgan fingerprint density at radius 1 is 1.09 bits per heavy atom. The molecule has 0 fully saturated rings. The number of anilines is 2. The molecule has 0 aliphatic rings. The Morgan fingerprint density at radius 2 is 1.87 bits per heavy atom. The highest BCUT2D eigenvalue weighted by molar-refractivity contribution is 9.10. The number of nitrogens with zero attached hydrogens (tertiary/aromatic N) is 2. The van der Waals surface area contributed by atoms with Crippen molar-refractivity contribution in [3.63, 3.8) is 0 Å². The summed E-state index contributed by atoms with van der Waals surface area (Å²) < 4.78 is 38.6. The van der Waals surface area contributed by atoms with Gasteiger partial charge in [-0.1, -0.05) is 23.7 Å². The van der Waals surface area contributed by atoms with Crippen molar-refractivity contribution < 1.29 is 13.2 Å². The molecule has 0 atom stereocenters. The number of aromatic nitrogens is 2. The lowest BCUT2D eigenvalue weighted by Crippen LogP contribution is -2.08. The van der Waals surface area contributed by atoms with Crippen molar-refractivity contribution in [1.29, 1.82) is 0 Å². The van der Waals surface area contributed by atoms with E-state index in [1.165, 1.54) is 0 Å². The first kappa shape index (κ1) is 16.0. The number of nitrogens with one attached hydrogen (secondary N) is 1. The summed E-state index contributed by atoms with van der Waals surface area (Å²) in [7, 11) is 0. The average molecular weight is 403 g/mol. The number of hydrogen-bond acceptors (Lipinski definition) is 3. The van der Waals surface area contributed by atoms with Crippen molar-refractivity contribution in [1.82, 2.24) is 9.97 Å². The largest absolute Gasteiger partial charge is 0.417 e. The Bertz CT molecular complexity index is 883. The van der Waals surface area contributed by atoms with Crippen LogP contribution in [0, 0.1) is 0 Å². The van der Waals surface area contributed by atoms with Crippen LogP contribution in [-0.2, 0) is 6.18 Å². The van der Waals surface area contributed by atoms with Crippen LogP contribution in [-0.4, -0.2) is 9.97 Å². The monoisotopic (exact) mass is 401 g/mol. The molecule has 2 aromatic heterocycles. The van der Waals surface area contributed by atoms with Gasteiger partial charge in [0.05, 0.1) is 16.1 Å². The third-order valence-corrected chi connectivity index (χ3v) is 4.02. The number of halogens is 5. The third-order valence-electron chi connectivity index (χ3n) is 3.09. The van der Waals surface area contributed by atoms with Gasteiger partial charge in [-0.05, 0) is 40.2 Å². The van der Waals surface area contributed by atoms with Crippen LogP contribution in [0.2, 0.25) is 5.02 Å². The molecule has 0 aliphatic carbocycles. The fourth-order valence-electron chi connectivity index (χ4n) is 2.04. The van der Waals surface area contributed by atoms with E-state index in [4.69, 9.17) is 11.6 Å². The van der Waals surface area contributed by atoms with Crippen LogP contribution in [0.1, 0.15) is 5.56 Å². The second kappa shape index (κ2) is 5.98. The Hall–Kier alpha value is -1.86. The number of fused-ring (bicyclic) bond motifs is 1. The van der Waals surface area contributed by atoms with Crippen molar-refractivity contribution in [3.8, 4) is 0 Å². The first-order valence-electron chi connectivity index (χ1n) is 6.39. The van der Waals surface area contributed by atoms with Crippen molar-refractivity contribution >= 4 is 50.1 Å². The minimum Gasteiger partial charge on any atom is -0.325 e. The maximum absolute atomic E-state index is 12.9. The predicted octanol–water partition coefficient (Wildman–Crippen LogP) is 5.81. The molecule has 2 heterocycles. The van der Waals surface area contributed by atoms with Crippen molar-refractivity contribution in [2.24, 2.45) is 0 Å². The molecule has 3 aromatic rings. The van der Waals surface area contributed by atoms with E-state index < -0.39 is 11.7 Å². The topological polar surface area (TPSA) is 37.8 Å². The molecule has 0 unspecified atom stereocenters. The summed E-state index contributed by atoms with van der Waals surface area (Å²) in [6.07, 6.45) is -3.38. The van der Waals surface area contributed by atoms with Gasteiger partial charge in [-0.25, -0.2) is 9.97 Å². The fraction of sp³-hybridized carbons (Fsp3) is 0.0667. The minimum atomic E-state index is -4.47. The number of rotatable bonds is 2. The normalized spacial score (nSPS) is 11.7. The van der Waals surface area contributed by atoms with E-state index in [1.807, 2.05) is 6.07 Å². The Balaban J connectivity index is 1.98. The number of hydrogen-bond donors (Lipinski definition) is 1. The van der Waals surface area contributed by atoms with E-state index in [-0.39, 0.29) is 10.3 Å². The van der Waals surface area contributed by atoms with Gasteiger partial charge < -0.3 is 5.32 Å². The van der Waals surface area contributed by atoms with Gasteiger partial charge in [-0.2, -0.15) is 13.2 Å². The molecule has 0 aliphatic heterocycles. The molecule has 8 heteroatoms. The van der Waals surface area contributed by atoms with E-state index >= 15 is 0 Å². The maximum atomic E-state index is 12.9. The lowest BCUT2D eigenvalue weighted by atomic mass is 10.2. The van der Waals surface area contributed by atoms with Crippen LogP contribution in [0.4, 0.5) is 24.8 Å². The number of alkyl halides is 3. The second-order valence-corrected chi connectivity index (χ2v) is 5.94. The molecule has 1 N–H and O–H groups in total. The molecule has 0 bridgehead atoms. The molecule has 23 heavy (non-hydrogen) atoms. The van der Waals surface area contributed by atoms with Crippen LogP contribution >= 0.6 is 27.5 Å². The van der Waals surface area contributed by atoms with Gasteiger partial charge in [-0.3, -0.25) is 0 Å². The Kier molecular flexibility index (Phi) is 4.16. The first-order valence-corrected chi connectivity index (χ1v) is 7.57. The van der Waals surface area contributed by atoms with Crippen LogP contribution < -0.4 is 5.32 Å². The van der Waals surface area contributed by atoms with Gasteiger partial charge in [-0.15, -0.1) is 0 Å². The van der Waals surface area contributed by atoms with Crippen molar-refractivity contribution in [2.45, 2.75) is 6.18 Å². The molecule has 0 spiro atoms. The summed E-state index contributed by atoms with van der Waals surface area (Å²) >= 11 is 8.93. The molecule has 1 aromatic carbocycles. The van der Waals surface area contributed by atoms with E-state index in [0.717, 1.165) is 17.6 Å². The first-order chi connectivity index (χ1) is 10.8. The number of benzene rings is 1. The van der Waals surface area contributed by atoms with E-state index in [1.54, 1.807) is 24.3 Å². The zero-order valence-electron chi connectivity index (χ0n) is 11.3. The zero-order valence-corrected chi connectivity index (χ0v) is 13.7. The predicted molar refractivity (Wildman–Crippen MR) is 87.0 cm³/mol. The van der Waals surface area contributed by atoms with Crippen LogP contribution in [0.3, 0.4) is 0 Å². The maximum Gasteiger partial charge on any atom is 0.417 e. The molecule has 0 saturated carbocycles. The highest BCUT2D eigenvalue weighted by atomic mass is 79.9. The van der Waals surface area contributed by atoms with E-state index in [0.29, 0.717) is 16.4 Å². The molecule has 3 rings (SSSR count). The summed E-state index contributed by atoms with van der Waals surface area (Å²) in [4.78, 5) is 8.23. The molecular formula is C15H8BrClF3N3. The van der Waals surface area contributed by atoms with Crippen LogP contribution in [0.25, 0.3) is 10.9 Å². The van der Waals surface area contributed by atoms with E-state index in [9.17, 15) is 13.2 Å². The SMILES string of the molecule is FC(F)(F)c1cc(Nc2ccc3cccc(Cl)c3n2)ncc1Br. The summed E-state index contributed by atoms with van der Waals surface area (Å²) in [5, 5.41) is 4.06. The molecule has 118 valence electrons. The molecule has 0 radical (unpaired) electrons. The third kappa shape index (κ3) is 3.40. The molecule has 3 nitrogen and oxygen atoms in total. The lowest BCUT2D eigenvalue weighted by molar-refractivity contribution is -0.138. The molecular weight excluding hydrogens is 395 g/mol. The van der Waals surface area contributed by atoms with Gasteiger partial charge >= 0.3 is 6.18 Å². The van der Waals surface area contributed by atoms with Gasteiger partial charge in [0.25, 0.3) is 0 Å². The van der Waals surface area contributed by atoms with E-state index in [2.05, 4.69) is 31.2 Å². The molecule has 0 amide bonds. The van der Waals surface area contributed by atoms with Gasteiger partial charge in [0.1, 0.15) is 11.6 Å². The lowest BCUT2D eigenvalue weighted by Gasteiger charge is -2.12. The Labute approximate surface area is 142 Å². The van der Waals surface area contributed by atoms with Gasteiger partial charge in [0.15, 0.2) is 0 Å².